The van der Waals surface area contributed by atoms with Gasteiger partial charge in [-0.05, 0) is 18.4 Å². The van der Waals surface area contributed by atoms with Crippen LogP contribution in [-0.2, 0) is 10.0 Å². The van der Waals surface area contributed by atoms with E-state index in [1.165, 1.54) is 24.5 Å². The minimum absolute atomic E-state index is 0. The van der Waals surface area contributed by atoms with Crippen LogP contribution in [0.15, 0.2) is 23.1 Å². The van der Waals surface area contributed by atoms with Crippen LogP contribution in [0.2, 0.25) is 0 Å². The molecule has 1 rings (SSSR count). The zero-order chi connectivity index (χ0) is 17.8. The van der Waals surface area contributed by atoms with Crippen molar-refractivity contribution in [3.63, 3.8) is 0 Å². The van der Waals surface area contributed by atoms with Gasteiger partial charge in [0.25, 0.3) is 5.69 Å². The van der Waals surface area contributed by atoms with E-state index in [-0.39, 0.29) is 47.2 Å². The number of hydrogen-bond acceptors (Lipinski definition) is 6. The molecule has 0 saturated heterocycles. The van der Waals surface area contributed by atoms with Gasteiger partial charge in [0.05, 0.1) is 18.1 Å². The molecule has 0 radical (unpaired) electrons. The Bertz CT molecular complexity index is 666. The van der Waals surface area contributed by atoms with Crippen molar-refractivity contribution in [2.75, 3.05) is 20.7 Å². The molecule has 0 aliphatic carbocycles. The number of nitro groups is 1. The van der Waals surface area contributed by atoms with E-state index in [2.05, 4.69) is 0 Å². The van der Waals surface area contributed by atoms with Gasteiger partial charge in [0.15, 0.2) is 0 Å². The summed E-state index contributed by atoms with van der Waals surface area (Å²) >= 11 is 0. The van der Waals surface area contributed by atoms with Gasteiger partial charge < -0.3 is 10.5 Å². The first-order chi connectivity index (χ1) is 10.6. The molecule has 1 atom stereocenters. The van der Waals surface area contributed by atoms with E-state index in [9.17, 15) is 18.5 Å². The summed E-state index contributed by atoms with van der Waals surface area (Å²) in [6.45, 7) is 4.19. The zero-order valence-electron chi connectivity index (χ0n) is 14.1. The van der Waals surface area contributed by atoms with Crippen molar-refractivity contribution < 1.29 is 18.1 Å². The summed E-state index contributed by atoms with van der Waals surface area (Å²) in [6, 6.07) is 3.32. The second-order valence-corrected chi connectivity index (χ2v) is 7.63. The average Bonchev–Trinajstić information content (AvgIpc) is 2.50. The minimum Gasteiger partial charge on any atom is -0.495 e. The van der Waals surface area contributed by atoms with Gasteiger partial charge in [-0.2, -0.15) is 0 Å². The number of nitrogens with zero attached hydrogens (tertiary/aromatic N) is 2. The lowest BCUT2D eigenvalue weighted by Crippen LogP contribution is -2.34. The molecule has 0 aliphatic rings. The monoisotopic (exact) mass is 381 g/mol. The topological polar surface area (TPSA) is 116 Å². The molecule has 0 spiro atoms. The molecular formula is C14H24ClN3O5S. The molecule has 0 amide bonds. The Balaban J connectivity index is 0.00000529. The molecule has 24 heavy (non-hydrogen) atoms. The average molecular weight is 382 g/mol. The molecule has 2 N–H and O–H groups in total. The quantitative estimate of drug-likeness (QED) is 0.544. The summed E-state index contributed by atoms with van der Waals surface area (Å²) < 4.78 is 31.4. The van der Waals surface area contributed by atoms with Gasteiger partial charge in [-0.25, -0.2) is 12.7 Å². The fourth-order valence-electron chi connectivity index (χ4n) is 1.94. The largest absolute Gasteiger partial charge is 0.495 e. The highest BCUT2D eigenvalue weighted by Gasteiger charge is 2.27. The Hall–Kier alpha value is -1.42. The Morgan fingerprint density at radius 1 is 1.38 bits per heavy atom. The number of ether oxygens (including phenoxy) is 1. The smallest absolute Gasteiger partial charge is 0.273 e. The molecule has 10 heteroatoms. The van der Waals surface area contributed by atoms with Gasteiger partial charge >= 0.3 is 0 Å². The van der Waals surface area contributed by atoms with Crippen LogP contribution in [0.5, 0.6) is 5.75 Å². The van der Waals surface area contributed by atoms with Crippen molar-refractivity contribution in [3.05, 3.63) is 28.3 Å². The summed E-state index contributed by atoms with van der Waals surface area (Å²) in [4.78, 5) is 10.1. The molecular weight excluding hydrogens is 358 g/mol. The number of halogens is 1. The van der Waals surface area contributed by atoms with E-state index in [0.29, 0.717) is 6.42 Å². The number of non-ortho nitro benzene ring substituents is 1. The second-order valence-electron chi connectivity index (χ2n) is 5.62. The normalized spacial score (nSPS) is 12.8. The standard InChI is InChI=1S/C14H23N3O5S.ClH/c1-10(2)12(15)7-8-16(3)23(20,21)14-6-5-11(17(18)19)9-13(14)22-4;/h5-6,9-10,12H,7-8,15H2,1-4H3;1H. The summed E-state index contributed by atoms with van der Waals surface area (Å²) in [5.74, 6) is 0.194. The Kier molecular flexibility index (Phi) is 8.62. The highest BCUT2D eigenvalue weighted by Crippen LogP contribution is 2.30. The van der Waals surface area contributed by atoms with Gasteiger partial charge in [-0.15, -0.1) is 12.4 Å². The minimum atomic E-state index is -3.82. The molecule has 0 aromatic heterocycles. The third kappa shape index (κ3) is 5.30. The molecule has 0 fully saturated rings. The van der Waals surface area contributed by atoms with Crippen LogP contribution >= 0.6 is 12.4 Å². The molecule has 0 saturated carbocycles. The maximum atomic E-state index is 12.6. The molecule has 1 aromatic rings. The fourth-order valence-corrected chi connectivity index (χ4v) is 3.25. The van der Waals surface area contributed by atoms with Crippen molar-refractivity contribution in [2.45, 2.75) is 31.2 Å². The first-order valence-corrected chi connectivity index (χ1v) is 8.59. The van der Waals surface area contributed by atoms with E-state index in [1.807, 2.05) is 13.8 Å². The van der Waals surface area contributed by atoms with E-state index in [4.69, 9.17) is 10.5 Å². The lowest BCUT2D eigenvalue weighted by Gasteiger charge is -2.22. The van der Waals surface area contributed by atoms with Crippen LogP contribution < -0.4 is 10.5 Å². The van der Waals surface area contributed by atoms with Crippen LogP contribution in [0.4, 0.5) is 5.69 Å². The van der Waals surface area contributed by atoms with E-state index >= 15 is 0 Å². The maximum Gasteiger partial charge on any atom is 0.273 e. The van der Waals surface area contributed by atoms with Crippen molar-refractivity contribution in [1.82, 2.24) is 4.31 Å². The summed E-state index contributed by atoms with van der Waals surface area (Å²) in [7, 11) is -1.10. The van der Waals surface area contributed by atoms with E-state index in [1.54, 1.807) is 0 Å². The number of hydrogen-bond donors (Lipinski definition) is 1. The van der Waals surface area contributed by atoms with Crippen LogP contribution in [0.25, 0.3) is 0 Å². The van der Waals surface area contributed by atoms with E-state index in [0.717, 1.165) is 12.1 Å². The van der Waals surface area contributed by atoms with Crippen molar-refractivity contribution in [2.24, 2.45) is 11.7 Å². The van der Waals surface area contributed by atoms with Crippen molar-refractivity contribution in [1.29, 1.82) is 0 Å². The number of sulfonamides is 1. The number of rotatable bonds is 8. The molecule has 0 bridgehead atoms. The maximum absolute atomic E-state index is 12.6. The van der Waals surface area contributed by atoms with Gasteiger partial charge in [0, 0.05) is 25.7 Å². The Labute approximate surface area is 148 Å². The van der Waals surface area contributed by atoms with Crippen LogP contribution in [0.3, 0.4) is 0 Å². The number of nitrogens with two attached hydrogens (primary N) is 1. The fraction of sp³-hybridized carbons (Fsp3) is 0.571. The Morgan fingerprint density at radius 3 is 2.42 bits per heavy atom. The third-order valence-electron chi connectivity index (χ3n) is 3.68. The summed E-state index contributed by atoms with van der Waals surface area (Å²) in [5, 5.41) is 10.8. The van der Waals surface area contributed by atoms with Gasteiger partial charge in [-0.1, -0.05) is 13.8 Å². The number of methoxy groups -OCH3 is 1. The molecule has 0 aliphatic heterocycles. The van der Waals surface area contributed by atoms with Crippen LogP contribution in [0, 0.1) is 16.0 Å². The van der Waals surface area contributed by atoms with Gasteiger partial charge in [-0.3, -0.25) is 10.1 Å². The van der Waals surface area contributed by atoms with Crippen molar-refractivity contribution >= 4 is 28.1 Å². The molecule has 1 aromatic carbocycles. The van der Waals surface area contributed by atoms with Crippen molar-refractivity contribution in [3.8, 4) is 5.75 Å². The van der Waals surface area contributed by atoms with E-state index < -0.39 is 14.9 Å². The Morgan fingerprint density at radius 2 is 1.96 bits per heavy atom. The predicted molar refractivity (Wildman–Crippen MR) is 94.1 cm³/mol. The number of benzene rings is 1. The second kappa shape index (κ2) is 9.16. The summed E-state index contributed by atoms with van der Waals surface area (Å²) in [6.07, 6.45) is 0.517. The lowest BCUT2D eigenvalue weighted by molar-refractivity contribution is -0.385. The molecule has 0 heterocycles. The predicted octanol–water partition coefficient (Wildman–Crippen LogP) is 2.02. The zero-order valence-corrected chi connectivity index (χ0v) is 15.8. The lowest BCUT2D eigenvalue weighted by atomic mass is 10.0. The highest BCUT2D eigenvalue weighted by atomic mass is 35.5. The first kappa shape index (κ1) is 22.6. The SMILES string of the molecule is COc1cc([N+](=O)[O-])ccc1S(=O)(=O)N(C)CCC(N)C(C)C.Cl. The highest BCUT2D eigenvalue weighted by molar-refractivity contribution is 7.89. The van der Waals surface area contributed by atoms with Gasteiger partial charge in [0.2, 0.25) is 10.0 Å². The van der Waals surface area contributed by atoms with Gasteiger partial charge in [0.1, 0.15) is 10.6 Å². The third-order valence-corrected chi connectivity index (χ3v) is 5.58. The van der Waals surface area contributed by atoms with Crippen LogP contribution in [0.1, 0.15) is 20.3 Å². The number of nitro benzene ring substituents is 1. The first-order valence-electron chi connectivity index (χ1n) is 7.15. The van der Waals surface area contributed by atoms with Crippen LogP contribution in [-0.4, -0.2) is 44.4 Å². The molecule has 1 unspecified atom stereocenters. The molecule has 8 nitrogen and oxygen atoms in total. The molecule has 138 valence electrons. The summed E-state index contributed by atoms with van der Waals surface area (Å²) in [5.41, 5.74) is 5.70.